The summed E-state index contributed by atoms with van der Waals surface area (Å²) in [7, 11) is 0. The van der Waals surface area contributed by atoms with Crippen molar-refractivity contribution >= 4 is 11.6 Å². The molecule has 0 fully saturated rings. The van der Waals surface area contributed by atoms with E-state index in [4.69, 9.17) is 5.11 Å². The van der Waals surface area contributed by atoms with Gasteiger partial charge in [-0.2, -0.15) is 13.2 Å². The fourth-order valence-corrected chi connectivity index (χ4v) is 1.60. The number of benzene rings is 1. The molecule has 20 heavy (non-hydrogen) atoms. The maximum absolute atomic E-state index is 12.7. The highest BCUT2D eigenvalue weighted by molar-refractivity contribution is 5.99. The van der Waals surface area contributed by atoms with Crippen LogP contribution in [0.25, 0.3) is 0 Å². The van der Waals surface area contributed by atoms with Crippen molar-refractivity contribution in [1.29, 1.82) is 0 Å². The second kappa shape index (κ2) is 6.36. The summed E-state index contributed by atoms with van der Waals surface area (Å²) in [5, 5.41) is 9.09. The van der Waals surface area contributed by atoms with Gasteiger partial charge in [-0.05, 0) is 18.1 Å². The molecule has 0 heterocycles. The van der Waals surface area contributed by atoms with Crippen molar-refractivity contribution in [3.63, 3.8) is 0 Å². The maximum atomic E-state index is 12.7. The van der Waals surface area contributed by atoms with Gasteiger partial charge in [0.15, 0.2) is 17.3 Å². The molecule has 0 aliphatic carbocycles. The van der Waals surface area contributed by atoms with Crippen LogP contribution in [-0.4, -0.2) is 16.7 Å². The summed E-state index contributed by atoms with van der Waals surface area (Å²) in [5.41, 5.74) is -0.781. The summed E-state index contributed by atoms with van der Waals surface area (Å²) >= 11 is 0. The van der Waals surface area contributed by atoms with Crippen molar-refractivity contribution in [2.75, 3.05) is 0 Å². The fourth-order valence-electron chi connectivity index (χ4n) is 1.60. The number of Topliss-reactive ketones (excluding diaryl/α,β-unsaturated/α-hetero) is 1. The molecule has 1 aromatic carbocycles. The Balaban J connectivity index is 2.79. The Hall–Kier alpha value is -2.11. The molecular formula is C14H13F3O3. The van der Waals surface area contributed by atoms with Crippen LogP contribution in [0.1, 0.15) is 24.5 Å². The van der Waals surface area contributed by atoms with Crippen molar-refractivity contribution in [3.05, 3.63) is 47.2 Å². The molecule has 0 bridgehead atoms. The highest BCUT2D eigenvalue weighted by Gasteiger charge is 2.32. The lowest BCUT2D eigenvalue weighted by atomic mass is 10.0. The van der Waals surface area contributed by atoms with Gasteiger partial charge in [-0.1, -0.05) is 18.2 Å². The predicted octanol–water partition coefficient (Wildman–Crippen LogP) is 3.24. The Labute approximate surface area is 113 Å². The number of aryl methyl sites for hydroxylation is 1. The molecule has 108 valence electrons. The third-order valence-corrected chi connectivity index (χ3v) is 2.62. The van der Waals surface area contributed by atoms with Gasteiger partial charge in [0.05, 0.1) is 5.56 Å². The van der Waals surface area contributed by atoms with Crippen LogP contribution in [0.2, 0.25) is 0 Å². The summed E-state index contributed by atoms with van der Waals surface area (Å²) in [5.74, 6) is -1.97. The summed E-state index contributed by atoms with van der Waals surface area (Å²) in [6, 6.07) is 4.97. The van der Waals surface area contributed by atoms with Crippen LogP contribution >= 0.6 is 0 Å². The summed E-state index contributed by atoms with van der Waals surface area (Å²) in [6.45, 7) is 1.08. The number of aliphatic hydroxyl groups is 1. The third-order valence-electron chi connectivity index (χ3n) is 2.62. The molecule has 0 unspecified atom stereocenters. The second-order valence-electron chi connectivity index (χ2n) is 4.21. The lowest BCUT2D eigenvalue weighted by Crippen LogP contribution is -2.10. The first-order valence-corrected chi connectivity index (χ1v) is 5.81. The molecule has 1 aromatic rings. The molecule has 0 saturated carbocycles. The predicted molar refractivity (Wildman–Crippen MR) is 66.2 cm³/mol. The Morgan fingerprint density at radius 3 is 2.40 bits per heavy atom. The number of carbonyl (C=O) groups excluding carboxylic acids is 2. The van der Waals surface area contributed by atoms with Gasteiger partial charge < -0.3 is 5.11 Å². The van der Waals surface area contributed by atoms with Crippen molar-refractivity contribution < 1.29 is 27.9 Å². The number of rotatable bonds is 5. The highest BCUT2D eigenvalue weighted by Crippen LogP contribution is 2.32. The van der Waals surface area contributed by atoms with Crippen LogP contribution in [0.3, 0.4) is 0 Å². The van der Waals surface area contributed by atoms with Crippen LogP contribution in [0.5, 0.6) is 0 Å². The number of hydrogen-bond donors (Lipinski definition) is 1. The SMILES string of the molecule is CC(=O)/C(O)=C/C(=O)CCc1ccccc1C(F)(F)F. The summed E-state index contributed by atoms with van der Waals surface area (Å²) < 4.78 is 38.1. The number of carbonyl (C=O) groups is 2. The first kappa shape index (κ1) is 15.9. The molecule has 0 aliphatic rings. The minimum absolute atomic E-state index is 0.00376. The molecule has 0 saturated heterocycles. The van der Waals surface area contributed by atoms with Crippen LogP contribution < -0.4 is 0 Å². The topological polar surface area (TPSA) is 54.4 Å². The van der Waals surface area contributed by atoms with Gasteiger partial charge >= 0.3 is 6.18 Å². The van der Waals surface area contributed by atoms with E-state index < -0.39 is 29.1 Å². The molecule has 0 spiro atoms. The lowest BCUT2D eigenvalue weighted by molar-refractivity contribution is -0.138. The number of aliphatic hydroxyl groups excluding tert-OH is 1. The number of alkyl halides is 3. The normalized spacial score (nSPS) is 12.3. The Kier molecular flexibility index (Phi) is 5.07. The number of allylic oxidation sites excluding steroid dienone is 2. The van der Waals surface area contributed by atoms with E-state index in [9.17, 15) is 22.8 Å². The van der Waals surface area contributed by atoms with E-state index in [2.05, 4.69) is 0 Å². The fraction of sp³-hybridized carbons (Fsp3) is 0.286. The van der Waals surface area contributed by atoms with Gasteiger partial charge in [-0.3, -0.25) is 9.59 Å². The average molecular weight is 286 g/mol. The monoisotopic (exact) mass is 286 g/mol. The van der Waals surface area contributed by atoms with Crippen LogP contribution in [0.4, 0.5) is 13.2 Å². The first-order valence-electron chi connectivity index (χ1n) is 5.81. The Bertz CT molecular complexity index is 545. The van der Waals surface area contributed by atoms with Crippen molar-refractivity contribution in [2.45, 2.75) is 25.9 Å². The largest absolute Gasteiger partial charge is 0.504 e. The number of hydrogen-bond acceptors (Lipinski definition) is 3. The minimum Gasteiger partial charge on any atom is -0.504 e. The molecule has 0 amide bonds. The van der Waals surface area contributed by atoms with Gasteiger partial charge in [-0.25, -0.2) is 0 Å². The van der Waals surface area contributed by atoms with Gasteiger partial charge in [0.2, 0.25) is 0 Å². The zero-order chi connectivity index (χ0) is 15.3. The van der Waals surface area contributed by atoms with E-state index in [-0.39, 0.29) is 18.4 Å². The molecule has 1 N–H and O–H groups in total. The molecule has 3 nitrogen and oxygen atoms in total. The van der Waals surface area contributed by atoms with Crippen molar-refractivity contribution in [2.24, 2.45) is 0 Å². The van der Waals surface area contributed by atoms with E-state index in [0.29, 0.717) is 0 Å². The molecule has 6 heteroatoms. The van der Waals surface area contributed by atoms with Gasteiger partial charge in [0, 0.05) is 19.4 Å². The van der Waals surface area contributed by atoms with Gasteiger partial charge in [-0.15, -0.1) is 0 Å². The standard InChI is InChI=1S/C14H13F3O3/c1-9(18)13(20)8-11(19)7-6-10-4-2-3-5-12(10)14(15,16)17/h2-5,8,20H,6-7H2,1H3/b13-8-. The van der Waals surface area contributed by atoms with Crippen molar-refractivity contribution in [3.8, 4) is 0 Å². The zero-order valence-corrected chi connectivity index (χ0v) is 10.7. The highest BCUT2D eigenvalue weighted by atomic mass is 19.4. The average Bonchev–Trinajstić information content (AvgIpc) is 2.35. The Morgan fingerprint density at radius 2 is 1.85 bits per heavy atom. The molecule has 0 aliphatic heterocycles. The molecule has 0 atom stereocenters. The number of halogens is 3. The first-order chi connectivity index (χ1) is 9.21. The molecular weight excluding hydrogens is 273 g/mol. The third kappa shape index (κ3) is 4.53. The van der Waals surface area contributed by atoms with Crippen LogP contribution in [0, 0.1) is 0 Å². The number of ketones is 2. The summed E-state index contributed by atoms with van der Waals surface area (Å²) in [4.78, 5) is 22.1. The van der Waals surface area contributed by atoms with E-state index in [1.54, 1.807) is 0 Å². The lowest BCUT2D eigenvalue weighted by Gasteiger charge is -2.11. The molecule has 0 aromatic heterocycles. The van der Waals surface area contributed by atoms with Crippen LogP contribution in [0.15, 0.2) is 36.1 Å². The van der Waals surface area contributed by atoms with E-state index in [0.717, 1.165) is 19.1 Å². The molecule has 0 radical (unpaired) electrons. The molecule has 1 rings (SSSR count). The minimum atomic E-state index is -4.48. The van der Waals surface area contributed by atoms with E-state index in [1.807, 2.05) is 0 Å². The smallest absolute Gasteiger partial charge is 0.416 e. The second-order valence-corrected chi connectivity index (χ2v) is 4.21. The maximum Gasteiger partial charge on any atom is 0.416 e. The Morgan fingerprint density at radius 1 is 1.25 bits per heavy atom. The van der Waals surface area contributed by atoms with Gasteiger partial charge in [0.25, 0.3) is 0 Å². The van der Waals surface area contributed by atoms with Gasteiger partial charge in [0.1, 0.15) is 0 Å². The van der Waals surface area contributed by atoms with E-state index in [1.165, 1.54) is 18.2 Å². The van der Waals surface area contributed by atoms with E-state index >= 15 is 0 Å². The summed E-state index contributed by atoms with van der Waals surface area (Å²) in [6.07, 6.45) is -4.07. The van der Waals surface area contributed by atoms with Crippen molar-refractivity contribution in [1.82, 2.24) is 0 Å². The van der Waals surface area contributed by atoms with Crippen LogP contribution in [-0.2, 0) is 22.2 Å². The zero-order valence-electron chi connectivity index (χ0n) is 10.7. The quantitative estimate of drug-likeness (QED) is 0.668.